The summed E-state index contributed by atoms with van der Waals surface area (Å²) in [6.45, 7) is 2.70. The Bertz CT molecular complexity index is 579. The number of carbonyl (C=O) groups excluding carboxylic acids is 1. The van der Waals surface area contributed by atoms with Crippen LogP contribution in [0.5, 0.6) is 11.5 Å². The summed E-state index contributed by atoms with van der Waals surface area (Å²) < 4.78 is 11.6. The number of hydrogen-bond donors (Lipinski definition) is 2. The van der Waals surface area contributed by atoms with Crippen LogP contribution in [0.15, 0.2) is 18.2 Å². The van der Waals surface area contributed by atoms with Crippen LogP contribution in [0, 0.1) is 5.92 Å². The monoisotopic (exact) mass is 360 g/mol. The number of nitrogens with one attached hydrogen (secondary N) is 2. The predicted molar refractivity (Wildman–Crippen MR) is 103 cm³/mol. The van der Waals surface area contributed by atoms with E-state index in [4.69, 9.17) is 9.47 Å². The molecule has 5 heteroatoms. The van der Waals surface area contributed by atoms with Crippen molar-refractivity contribution < 1.29 is 14.3 Å². The minimum absolute atomic E-state index is 0.133. The lowest BCUT2D eigenvalue weighted by Gasteiger charge is -2.22. The molecule has 0 unspecified atom stereocenters. The lowest BCUT2D eigenvalue weighted by atomic mass is 9.93. The Hall–Kier alpha value is -1.75. The summed E-state index contributed by atoms with van der Waals surface area (Å²) in [5, 5.41) is 6.40. The standard InChI is InChI=1S/C21H32N2O3/c1-25-20-14-17(6-8-19(20)26-18-4-2-3-5-18)15-23-21(24)9-7-16-10-12-22-13-11-16/h6,8,14,16,18,22H,2-5,7,9-13,15H2,1H3,(H,23,24). The number of methoxy groups -OCH3 is 1. The SMILES string of the molecule is COc1cc(CNC(=O)CCC2CCNCC2)ccc1OC1CCCC1. The maximum atomic E-state index is 12.1. The molecule has 5 nitrogen and oxygen atoms in total. The zero-order chi connectivity index (χ0) is 18.2. The molecule has 2 N–H and O–H groups in total. The molecule has 0 radical (unpaired) electrons. The molecular weight excluding hydrogens is 328 g/mol. The molecule has 1 aliphatic carbocycles. The Morgan fingerprint density at radius 3 is 2.65 bits per heavy atom. The van der Waals surface area contributed by atoms with E-state index in [0.29, 0.717) is 25.0 Å². The van der Waals surface area contributed by atoms with Crippen LogP contribution < -0.4 is 20.1 Å². The van der Waals surface area contributed by atoms with Crippen molar-refractivity contribution in [1.29, 1.82) is 0 Å². The van der Waals surface area contributed by atoms with Crippen LogP contribution in [0.1, 0.15) is 56.9 Å². The number of hydrogen-bond acceptors (Lipinski definition) is 4. The van der Waals surface area contributed by atoms with Gasteiger partial charge in [-0.3, -0.25) is 4.79 Å². The summed E-state index contributed by atoms with van der Waals surface area (Å²) in [5.74, 6) is 2.38. The Morgan fingerprint density at radius 2 is 1.92 bits per heavy atom. The smallest absolute Gasteiger partial charge is 0.220 e. The summed E-state index contributed by atoms with van der Waals surface area (Å²) in [4.78, 5) is 12.1. The van der Waals surface area contributed by atoms with Crippen molar-refractivity contribution in [3.8, 4) is 11.5 Å². The van der Waals surface area contributed by atoms with Gasteiger partial charge < -0.3 is 20.1 Å². The summed E-state index contributed by atoms with van der Waals surface area (Å²) >= 11 is 0. The molecule has 2 aliphatic rings. The van der Waals surface area contributed by atoms with E-state index in [1.165, 1.54) is 25.7 Å². The van der Waals surface area contributed by atoms with Crippen molar-refractivity contribution in [2.24, 2.45) is 5.92 Å². The van der Waals surface area contributed by atoms with Crippen LogP contribution in [-0.2, 0) is 11.3 Å². The van der Waals surface area contributed by atoms with Crippen LogP contribution in [0.2, 0.25) is 0 Å². The van der Waals surface area contributed by atoms with Gasteiger partial charge in [-0.15, -0.1) is 0 Å². The van der Waals surface area contributed by atoms with Gasteiger partial charge in [-0.2, -0.15) is 0 Å². The van der Waals surface area contributed by atoms with Gasteiger partial charge >= 0.3 is 0 Å². The minimum Gasteiger partial charge on any atom is -0.493 e. The number of benzene rings is 1. The van der Waals surface area contributed by atoms with Crippen LogP contribution >= 0.6 is 0 Å². The van der Waals surface area contributed by atoms with Crippen LogP contribution in [0.25, 0.3) is 0 Å². The first-order valence-electron chi connectivity index (χ1n) is 10.1. The molecule has 1 amide bonds. The summed E-state index contributed by atoms with van der Waals surface area (Å²) in [6.07, 6.45) is 9.03. The average Bonchev–Trinajstić information content (AvgIpc) is 3.19. The van der Waals surface area contributed by atoms with E-state index in [-0.39, 0.29) is 5.91 Å². The van der Waals surface area contributed by atoms with Crippen molar-refractivity contribution in [3.63, 3.8) is 0 Å². The first-order valence-corrected chi connectivity index (χ1v) is 10.1. The molecule has 3 rings (SSSR count). The molecule has 26 heavy (non-hydrogen) atoms. The van der Waals surface area contributed by atoms with E-state index in [1.807, 2.05) is 18.2 Å². The van der Waals surface area contributed by atoms with Gasteiger partial charge in [0.15, 0.2) is 11.5 Å². The summed E-state index contributed by atoms with van der Waals surface area (Å²) in [7, 11) is 1.66. The number of rotatable bonds is 8. The van der Waals surface area contributed by atoms with Gasteiger partial charge in [-0.1, -0.05) is 6.07 Å². The molecule has 1 saturated heterocycles. The maximum Gasteiger partial charge on any atom is 0.220 e. The molecule has 0 aromatic heterocycles. The topological polar surface area (TPSA) is 59.6 Å². The van der Waals surface area contributed by atoms with Crippen molar-refractivity contribution in [2.45, 2.75) is 64.0 Å². The lowest BCUT2D eigenvalue weighted by Crippen LogP contribution is -2.29. The molecule has 1 aromatic carbocycles. The van der Waals surface area contributed by atoms with E-state index >= 15 is 0 Å². The zero-order valence-corrected chi connectivity index (χ0v) is 15.9. The number of piperidine rings is 1. The molecule has 144 valence electrons. The van der Waals surface area contributed by atoms with Crippen molar-refractivity contribution in [1.82, 2.24) is 10.6 Å². The normalized spacial score (nSPS) is 18.7. The van der Waals surface area contributed by atoms with Gasteiger partial charge in [-0.25, -0.2) is 0 Å². The largest absolute Gasteiger partial charge is 0.493 e. The predicted octanol–water partition coefficient (Wildman–Crippen LogP) is 3.41. The number of ether oxygens (including phenoxy) is 2. The molecule has 2 fully saturated rings. The average molecular weight is 360 g/mol. The second-order valence-corrected chi connectivity index (χ2v) is 7.52. The Labute approximate surface area is 156 Å². The third kappa shape index (κ3) is 5.63. The van der Waals surface area contributed by atoms with Gasteiger partial charge in [0.25, 0.3) is 0 Å². The van der Waals surface area contributed by atoms with Crippen molar-refractivity contribution in [2.75, 3.05) is 20.2 Å². The fraction of sp³-hybridized carbons (Fsp3) is 0.667. The highest BCUT2D eigenvalue weighted by Gasteiger charge is 2.19. The number of carbonyl (C=O) groups is 1. The number of amides is 1. The van der Waals surface area contributed by atoms with Gasteiger partial charge in [-0.05, 0) is 81.6 Å². The lowest BCUT2D eigenvalue weighted by molar-refractivity contribution is -0.121. The Morgan fingerprint density at radius 1 is 1.15 bits per heavy atom. The van der Waals surface area contributed by atoms with Crippen molar-refractivity contribution >= 4 is 5.91 Å². The highest BCUT2D eigenvalue weighted by Crippen LogP contribution is 2.32. The fourth-order valence-electron chi connectivity index (χ4n) is 3.90. The quantitative estimate of drug-likeness (QED) is 0.746. The van der Waals surface area contributed by atoms with Gasteiger partial charge in [0, 0.05) is 13.0 Å². The molecule has 1 saturated carbocycles. The molecule has 1 heterocycles. The fourth-order valence-corrected chi connectivity index (χ4v) is 3.90. The van der Waals surface area contributed by atoms with Gasteiger partial charge in [0.1, 0.15) is 0 Å². The first kappa shape index (κ1) is 19.0. The zero-order valence-electron chi connectivity index (χ0n) is 15.9. The second-order valence-electron chi connectivity index (χ2n) is 7.52. The highest BCUT2D eigenvalue weighted by atomic mass is 16.5. The van der Waals surface area contributed by atoms with Gasteiger partial charge in [0.2, 0.25) is 5.91 Å². The van der Waals surface area contributed by atoms with E-state index in [2.05, 4.69) is 10.6 Å². The third-order valence-corrected chi connectivity index (χ3v) is 5.55. The Balaban J connectivity index is 1.45. The van der Waals surface area contributed by atoms with Crippen LogP contribution in [0.4, 0.5) is 0 Å². The van der Waals surface area contributed by atoms with Gasteiger partial charge in [0.05, 0.1) is 13.2 Å². The third-order valence-electron chi connectivity index (χ3n) is 5.55. The van der Waals surface area contributed by atoms with Crippen molar-refractivity contribution in [3.05, 3.63) is 23.8 Å². The second kappa shape index (κ2) is 9.81. The molecular formula is C21H32N2O3. The highest BCUT2D eigenvalue weighted by molar-refractivity contribution is 5.75. The van der Waals surface area contributed by atoms with Crippen LogP contribution in [0.3, 0.4) is 0 Å². The minimum atomic E-state index is 0.133. The molecule has 0 spiro atoms. The Kier molecular flexibility index (Phi) is 7.18. The molecule has 1 aliphatic heterocycles. The summed E-state index contributed by atoms with van der Waals surface area (Å²) in [5.41, 5.74) is 1.04. The molecule has 1 aromatic rings. The van der Waals surface area contributed by atoms with E-state index in [9.17, 15) is 4.79 Å². The van der Waals surface area contributed by atoms with E-state index in [1.54, 1.807) is 7.11 Å². The van der Waals surface area contributed by atoms with E-state index < -0.39 is 0 Å². The van der Waals surface area contributed by atoms with Crippen LogP contribution in [-0.4, -0.2) is 32.2 Å². The molecule has 0 bridgehead atoms. The molecule has 0 atom stereocenters. The van der Waals surface area contributed by atoms with E-state index in [0.717, 1.165) is 49.4 Å². The first-order chi connectivity index (χ1) is 12.7. The maximum absolute atomic E-state index is 12.1. The summed E-state index contributed by atoms with van der Waals surface area (Å²) in [6, 6.07) is 5.95.